The second kappa shape index (κ2) is 4.54. The number of alkyl halides is 1. The van der Waals surface area contributed by atoms with Crippen LogP contribution in [0.3, 0.4) is 0 Å². The summed E-state index contributed by atoms with van der Waals surface area (Å²) < 4.78 is 5.75. The number of hydrogen-bond acceptors (Lipinski definition) is 1. The van der Waals surface area contributed by atoms with Crippen LogP contribution in [0.1, 0.15) is 5.56 Å². The Labute approximate surface area is 95.0 Å². The zero-order chi connectivity index (χ0) is 10.7. The van der Waals surface area contributed by atoms with Crippen molar-refractivity contribution < 1.29 is 4.74 Å². The van der Waals surface area contributed by atoms with Crippen LogP contribution in [0.2, 0.25) is 0 Å². The van der Waals surface area contributed by atoms with Gasteiger partial charge in [0.05, 0.1) is 5.38 Å². The second-order valence-electron chi connectivity index (χ2n) is 3.61. The summed E-state index contributed by atoms with van der Waals surface area (Å²) in [6, 6.07) is 7.98. The van der Waals surface area contributed by atoms with E-state index in [0.29, 0.717) is 0 Å². The molecule has 0 N–H and O–H groups in total. The lowest BCUT2D eigenvalue weighted by Crippen LogP contribution is -2.25. The van der Waals surface area contributed by atoms with Gasteiger partial charge in [-0.3, -0.25) is 0 Å². The van der Waals surface area contributed by atoms with E-state index >= 15 is 0 Å². The Balaban J connectivity index is 2.05. The van der Waals surface area contributed by atoms with E-state index in [-0.39, 0.29) is 11.5 Å². The van der Waals surface area contributed by atoms with Crippen LogP contribution in [0.25, 0.3) is 0 Å². The quantitative estimate of drug-likeness (QED) is 0.694. The molecular weight excluding hydrogens is 208 g/mol. The molecule has 2 heteroatoms. The number of aryl methyl sites for hydroxylation is 1. The third-order valence-electron chi connectivity index (χ3n) is 2.31. The van der Waals surface area contributed by atoms with Crippen molar-refractivity contribution in [1.82, 2.24) is 0 Å². The van der Waals surface area contributed by atoms with Crippen molar-refractivity contribution in [2.45, 2.75) is 18.4 Å². The summed E-state index contributed by atoms with van der Waals surface area (Å²) in [5.74, 6) is 0.858. The van der Waals surface area contributed by atoms with Crippen LogP contribution >= 0.6 is 11.6 Å². The van der Waals surface area contributed by atoms with Crippen LogP contribution in [-0.4, -0.2) is 11.5 Å². The molecule has 78 valence electrons. The van der Waals surface area contributed by atoms with Crippen molar-refractivity contribution in [3.8, 4) is 5.75 Å². The van der Waals surface area contributed by atoms with Gasteiger partial charge in [0, 0.05) is 0 Å². The number of rotatable bonds is 2. The molecule has 1 nitrogen and oxygen atoms in total. The molecule has 0 saturated heterocycles. The zero-order valence-electron chi connectivity index (χ0n) is 8.56. The number of ether oxygens (including phenoxy) is 1. The largest absolute Gasteiger partial charge is 0.484 e. The van der Waals surface area contributed by atoms with Gasteiger partial charge in [0.1, 0.15) is 11.9 Å². The molecule has 0 bridgehead atoms. The molecule has 0 aliphatic heterocycles. The maximum absolute atomic E-state index is 6.10. The Morgan fingerprint density at radius 2 is 1.73 bits per heavy atom. The van der Waals surface area contributed by atoms with Crippen molar-refractivity contribution in [1.29, 1.82) is 0 Å². The predicted molar refractivity (Wildman–Crippen MR) is 63.5 cm³/mol. The van der Waals surface area contributed by atoms with E-state index in [0.717, 1.165) is 5.75 Å². The summed E-state index contributed by atoms with van der Waals surface area (Å²) in [7, 11) is 0. The molecule has 2 rings (SSSR count). The van der Waals surface area contributed by atoms with Gasteiger partial charge in [-0.15, -0.1) is 11.6 Å². The molecule has 0 spiro atoms. The van der Waals surface area contributed by atoms with Crippen LogP contribution in [0.4, 0.5) is 0 Å². The Bertz CT molecular complexity index is 378. The van der Waals surface area contributed by atoms with Crippen molar-refractivity contribution in [3.63, 3.8) is 0 Å². The van der Waals surface area contributed by atoms with Gasteiger partial charge in [-0.25, -0.2) is 0 Å². The number of hydrogen-bond donors (Lipinski definition) is 0. The number of halogens is 1. The molecule has 0 heterocycles. The lowest BCUT2D eigenvalue weighted by molar-refractivity contribution is 0.254. The SMILES string of the molecule is Cc1ccc(OC2C=CC=CC2Cl)cc1. The van der Waals surface area contributed by atoms with Crippen molar-refractivity contribution in [3.05, 3.63) is 54.1 Å². The first-order valence-electron chi connectivity index (χ1n) is 4.98. The molecular formula is C13H13ClO. The highest BCUT2D eigenvalue weighted by molar-refractivity contribution is 6.22. The Hall–Kier alpha value is -1.21. The van der Waals surface area contributed by atoms with Crippen LogP contribution in [0.5, 0.6) is 5.75 Å². The topological polar surface area (TPSA) is 9.23 Å². The first-order valence-corrected chi connectivity index (χ1v) is 5.42. The van der Waals surface area contributed by atoms with Crippen molar-refractivity contribution >= 4 is 11.6 Å². The standard InChI is InChI=1S/C13H13ClO/c1-10-6-8-11(9-7-10)15-13-5-3-2-4-12(13)14/h2-9,12-13H,1H3. The molecule has 1 aliphatic carbocycles. The third-order valence-corrected chi connectivity index (χ3v) is 2.71. The first kappa shape index (κ1) is 10.3. The lowest BCUT2D eigenvalue weighted by atomic mass is 10.1. The van der Waals surface area contributed by atoms with Gasteiger partial charge in [0.15, 0.2) is 0 Å². The normalized spacial score (nSPS) is 24.1. The summed E-state index contributed by atoms with van der Waals surface area (Å²) in [5.41, 5.74) is 1.23. The number of allylic oxidation sites excluding steroid dienone is 2. The van der Waals surface area contributed by atoms with Crippen molar-refractivity contribution in [2.24, 2.45) is 0 Å². The highest BCUT2D eigenvalue weighted by Crippen LogP contribution is 2.19. The zero-order valence-corrected chi connectivity index (χ0v) is 9.32. The molecule has 0 fully saturated rings. The minimum Gasteiger partial charge on any atom is -0.484 e. The fraction of sp³-hybridized carbons (Fsp3) is 0.231. The molecule has 1 aromatic rings. The average molecular weight is 221 g/mol. The monoisotopic (exact) mass is 220 g/mol. The van der Waals surface area contributed by atoms with E-state index in [9.17, 15) is 0 Å². The summed E-state index contributed by atoms with van der Waals surface area (Å²) in [5, 5.41) is -0.0868. The van der Waals surface area contributed by atoms with Crippen LogP contribution < -0.4 is 4.74 Å². The predicted octanol–water partition coefficient (Wildman–Crippen LogP) is 3.48. The third kappa shape index (κ3) is 2.63. The fourth-order valence-electron chi connectivity index (χ4n) is 1.44. The van der Waals surface area contributed by atoms with E-state index in [1.165, 1.54) is 5.56 Å². The van der Waals surface area contributed by atoms with Crippen LogP contribution in [-0.2, 0) is 0 Å². The summed E-state index contributed by atoms with van der Waals surface area (Å²) >= 11 is 6.10. The highest BCUT2D eigenvalue weighted by Gasteiger charge is 2.17. The molecule has 2 unspecified atom stereocenters. The van der Waals surface area contributed by atoms with E-state index < -0.39 is 0 Å². The summed E-state index contributed by atoms with van der Waals surface area (Å²) in [6.07, 6.45) is 7.72. The minimum atomic E-state index is -0.0868. The van der Waals surface area contributed by atoms with Crippen molar-refractivity contribution in [2.75, 3.05) is 0 Å². The van der Waals surface area contributed by atoms with E-state index in [1.54, 1.807) is 0 Å². The van der Waals surface area contributed by atoms with Gasteiger partial charge in [0.2, 0.25) is 0 Å². The van der Waals surface area contributed by atoms with Crippen LogP contribution in [0.15, 0.2) is 48.6 Å². The first-order chi connectivity index (χ1) is 7.25. The molecule has 1 aromatic carbocycles. The summed E-state index contributed by atoms with van der Waals surface area (Å²) in [6.45, 7) is 2.05. The fourth-order valence-corrected chi connectivity index (χ4v) is 1.66. The van der Waals surface area contributed by atoms with Gasteiger partial charge in [-0.2, -0.15) is 0 Å². The van der Waals surface area contributed by atoms with E-state index in [4.69, 9.17) is 16.3 Å². The molecule has 0 saturated carbocycles. The molecule has 2 atom stereocenters. The molecule has 0 aromatic heterocycles. The maximum atomic E-state index is 6.10. The average Bonchev–Trinajstić information content (AvgIpc) is 2.25. The Morgan fingerprint density at radius 3 is 2.40 bits per heavy atom. The molecule has 0 radical (unpaired) electrons. The van der Waals surface area contributed by atoms with Gasteiger partial charge in [0.25, 0.3) is 0 Å². The van der Waals surface area contributed by atoms with Gasteiger partial charge < -0.3 is 4.74 Å². The molecule has 1 aliphatic rings. The Kier molecular flexibility index (Phi) is 3.12. The Morgan fingerprint density at radius 1 is 1.07 bits per heavy atom. The maximum Gasteiger partial charge on any atom is 0.137 e. The molecule has 0 amide bonds. The van der Waals surface area contributed by atoms with Gasteiger partial charge in [-0.1, -0.05) is 35.9 Å². The molecule has 15 heavy (non-hydrogen) atoms. The number of benzene rings is 1. The highest BCUT2D eigenvalue weighted by atomic mass is 35.5. The van der Waals surface area contributed by atoms with Gasteiger partial charge >= 0.3 is 0 Å². The van der Waals surface area contributed by atoms with Gasteiger partial charge in [-0.05, 0) is 25.1 Å². The van der Waals surface area contributed by atoms with E-state index in [1.807, 2.05) is 48.6 Å². The second-order valence-corrected chi connectivity index (χ2v) is 4.11. The minimum absolute atomic E-state index is 0.0700. The smallest absolute Gasteiger partial charge is 0.137 e. The van der Waals surface area contributed by atoms with Crippen LogP contribution in [0, 0.1) is 6.92 Å². The lowest BCUT2D eigenvalue weighted by Gasteiger charge is -2.20. The summed E-state index contributed by atoms with van der Waals surface area (Å²) in [4.78, 5) is 0. The van der Waals surface area contributed by atoms with E-state index in [2.05, 4.69) is 6.92 Å².